The van der Waals surface area contributed by atoms with E-state index in [1.807, 2.05) is 0 Å². The molecule has 0 aromatic heterocycles. The normalized spacial score (nSPS) is 19.3. The Morgan fingerprint density at radius 3 is 1.69 bits per heavy atom. The van der Waals surface area contributed by atoms with E-state index in [0.717, 1.165) is 4.90 Å². The first-order chi connectivity index (χ1) is 6.22. The van der Waals surface area contributed by atoms with Crippen molar-refractivity contribution in [2.24, 2.45) is 0 Å². The average molecular weight is 179 g/mol. The summed E-state index contributed by atoms with van der Waals surface area (Å²) in [7, 11) is 1.45. The first-order valence-electron chi connectivity index (χ1n) is 4.36. The quantitative estimate of drug-likeness (QED) is 0.415. The molecule has 2 rings (SSSR count). The monoisotopic (exact) mass is 179 g/mol. The van der Waals surface area contributed by atoms with E-state index in [1.165, 1.54) is 38.5 Å². The zero-order valence-corrected chi connectivity index (χ0v) is 7.69. The molecule has 0 fully saturated rings. The maximum atomic E-state index is 10.4. The fraction of sp³-hybridized carbons (Fsp3) is 0.400. The van der Waals surface area contributed by atoms with Crippen LogP contribution in [0.3, 0.4) is 0 Å². The molecule has 0 aromatic rings. The average Bonchev–Trinajstić information content (AvgIpc) is 2.75. The number of allylic oxidation sites excluding steroid dienone is 2. The number of hydrogen-bond acceptors (Lipinski definition) is 2. The van der Waals surface area contributed by atoms with Gasteiger partial charge in [0.2, 0.25) is 0 Å². The highest BCUT2D eigenvalue weighted by atomic mass is 16.2. The Morgan fingerprint density at radius 2 is 1.54 bits per heavy atom. The molecule has 0 N–H and O–H groups in total. The lowest BCUT2D eigenvalue weighted by Gasteiger charge is -2.01. The molecule has 1 heterocycles. The molecule has 0 saturated carbocycles. The minimum atomic E-state index is -0.241. The van der Waals surface area contributed by atoms with Gasteiger partial charge in [-0.25, -0.2) is 0 Å². The van der Waals surface area contributed by atoms with E-state index in [2.05, 4.69) is 12.2 Å². The van der Waals surface area contributed by atoms with Gasteiger partial charge in [-0.15, -0.1) is 0 Å². The maximum Gasteiger partial charge on any atom is 0.253 e. The molecule has 0 aromatic carbocycles. The van der Waals surface area contributed by atoms with Gasteiger partial charge in [0.15, 0.2) is 0 Å². The van der Waals surface area contributed by atoms with Crippen molar-refractivity contribution in [1.29, 1.82) is 0 Å². The molecule has 0 atom stereocenters. The summed E-state index contributed by atoms with van der Waals surface area (Å²) in [5, 5.41) is 0. The van der Waals surface area contributed by atoms with Gasteiger partial charge in [-0.1, -0.05) is 12.2 Å². The molecular weight excluding hydrogens is 166 g/mol. The zero-order chi connectivity index (χ0) is 9.68. The second-order valence-electron chi connectivity index (χ2n) is 2.97. The van der Waals surface area contributed by atoms with E-state index in [1.54, 1.807) is 0 Å². The van der Waals surface area contributed by atoms with Crippen LogP contribution in [0.1, 0.15) is 19.3 Å². The van der Waals surface area contributed by atoms with E-state index in [4.69, 9.17) is 0 Å². The van der Waals surface area contributed by atoms with Gasteiger partial charge in [-0.3, -0.25) is 14.5 Å². The Bertz CT molecular complexity index is 242. The van der Waals surface area contributed by atoms with Gasteiger partial charge in [0, 0.05) is 19.2 Å². The number of carbonyl (C=O) groups is 2. The van der Waals surface area contributed by atoms with Crippen LogP contribution in [0.2, 0.25) is 0 Å². The van der Waals surface area contributed by atoms with Gasteiger partial charge in [0.1, 0.15) is 0 Å². The smallest absolute Gasteiger partial charge is 0.253 e. The number of likely N-dealkylation sites (N-methyl/N-ethyl adjacent to an activating group) is 1. The van der Waals surface area contributed by atoms with Gasteiger partial charge in [-0.2, -0.15) is 0 Å². The lowest BCUT2D eigenvalue weighted by molar-refractivity contribution is -0.135. The van der Waals surface area contributed by atoms with Crippen LogP contribution in [0.5, 0.6) is 0 Å². The summed E-state index contributed by atoms with van der Waals surface area (Å²) in [6.45, 7) is 0. The third-order valence-corrected chi connectivity index (χ3v) is 1.94. The molecule has 1 aliphatic carbocycles. The molecule has 3 heteroatoms. The van der Waals surface area contributed by atoms with E-state index in [-0.39, 0.29) is 11.8 Å². The van der Waals surface area contributed by atoms with Crippen molar-refractivity contribution in [3.05, 3.63) is 24.3 Å². The first kappa shape index (κ1) is 9.71. The summed E-state index contributed by atoms with van der Waals surface area (Å²) < 4.78 is 0. The summed E-state index contributed by atoms with van der Waals surface area (Å²) in [6, 6.07) is 0. The molecule has 13 heavy (non-hydrogen) atoms. The second kappa shape index (κ2) is 4.60. The summed E-state index contributed by atoms with van der Waals surface area (Å²) in [4.78, 5) is 21.9. The molecule has 2 aliphatic rings. The Balaban J connectivity index is 0.000000145. The van der Waals surface area contributed by atoms with Gasteiger partial charge in [0.05, 0.1) is 0 Å². The summed E-state index contributed by atoms with van der Waals surface area (Å²) in [5.41, 5.74) is 0. The fourth-order valence-electron chi connectivity index (χ4n) is 1.06. The number of nitrogens with zero attached hydrogens (tertiary/aromatic N) is 1. The van der Waals surface area contributed by atoms with Crippen molar-refractivity contribution in [3.8, 4) is 0 Å². The van der Waals surface area contributed by atoms with E-state index in [0.29, 0.717) is 0 Å². The van der Waals surface area contributed by atoms with Crippen LogP contribution in [-0.2, 0) is 9.59 Å². The van der Waals surface area contributed by atoms with Crippen molar-refractivity contribution in [1.82, 2.24) is 4.90 Å². The summed E-state index contributed by atoms with van der Waals surface area (Å²) in [5.74, 6) is -0.481. The highest BCUT2D eigenvalue weighted by Gasteiger charge is 2.17. The van der Waals surface area contributed by atoms with Crippen LogP contribution in [0, 0.1) is 0 Å². The molecule has 0 unspecified atom stereocenters. The highest BCUT2D eigenvalue weighted by molar-refractivity contribution is 6.12. The number of amides is 2. The van der Waals surface area contributed by atoms with Crippen molar-refractivity contribution in [2.45, 2.75) is 19.3 Å². The number of carbonyl (C=O) groups excluding carboxylic acids is 2. The Kier molecular flexibility index (Phi) is 3.43. The number of rotatable bonds is 0. The summed E-state index contributed by atoms with van der Waals surface area (Å²) >= 11 is 0. The second-order valence-corrected chi connectivity index (χ2v) is 2.97. The standard InChI is InChI=1S/C5H5NO2.C5H8/c1-6-4(7)2-3-5(6)8;1-2-4-5-3-1/h2-3H,1H3;1-2H,3-5H2. The van der Waals surface area contributed by atoms with E-state index < -0.39 is 0 Å². The predicted molar refractivity (Wildman–Crippen MR) is 49.9 cm³/mol. The Labute approximate surface area is 77.7 Å². The molecule has 0 radical (unpaired) electrons. The highest BCUT2D eigenvalue weighted by Crippen LogP contribution is 2.05. The Hall–Kier alpha value is -1.38. The largest absolute Gasteiger partial charge is 0.279 e. The minimum absolute atomic E-state index is 0.241. The molecule has 0 saturated heterocycles. The lowest BCUT2D eigenvalue weighted by Crippen LogP contribution is -2.24. The van der Waals surface area contributed by atoms with Crippen LogP contribution in [-0.4, -0.2) is 23.8 Å². The first-order valence-corrected chi connectivity index (χ1v) is 4.36. The Morgan fingerprint density at radius 1 is 1.08 bits per heavy atom. The van der Waals surface area contributed by atoms with Crippen LogP contribution in [0.15, 0.2) is 24.3 Å². The molecule has 0 bridgehead atoms. The predicted octanol–water partition coefficient (Wildman–Crippen LogP) is 1.27. The third-order valence-electron chi connectivity index (χ3n) is 1.94. The van der Waals surface area contributed by atoms with Gasteiger partial charge in [-0.05, 0) is 19.3 Å². The van der Waals surface area contributed by atoms with E-state index in [9.17, 15) is 9.59 Å². The van der Waals surface area contributed by atoms with Crippen molar-refractivity contribution in [3.63, 3.8) is 0 Å². The minimum Gasteiger partial charge on any atom is -0.279 e. The van der Waals surface area contributed by atoms with Crippen molar-refractivity contribution >= 4 is 11.8 Å². The number of hydrogen-bond donors (Lipinski definition) is 0. The molecule has 0 spiro atoms. The van der Waals surface area contributed by atoms with Gasteiger partial charge >= 0.3 is 0 Å². The third kappa shape index (κ3) is 2.86. The van der Waals surface area contributed by atoms with E-state index >= 15 is 0 Å². The molecule has 1 aliphatic heterocycles. The van der Waals surface area contributed by atoms with Gasteiger partial charge < -0.3 is 0 Å². The molecule has 3 nitrogen and oxygen atoms in total. The van der Waals surface area contributed by atoms with Crippen LogP contribution < -0.4 is 0 Å². The fourth-order valence-corrected chi connectivity index (χ4v) is 1.06. The van der Waals surface area contributed by atoms with Crippen LogP contribution >= 0.6 is 0 Å². The maximum absolute atomic E-state index is 10.4. The summed E-state index contributed by atoms with van der Waals surface area (Å²) in [6.07, 6.45) is 11.0. The van der Waals surface area contributed by atoms with Crippen molar-refractivity contribution in [2.75, 3.05) is 7.05 Å². The molecule has 2 amide bonds. The SMILES string of the molecule is C1=CCCC1.CN1C(=O)C=CC1=O. The molecular formula is C10H13NO2. The van der Waals surface area contributed by atoms with Crippen LogP contribution in [0.25, 0.3) is 0 Å². The lowest BCUT2D eigenvalue weighted by atomic mass is 10.4. The zero-order valence-electron chi connectivity index (χ0n) is 7.69. The molecule has 70 valence electrons. The van der Waals surface area contributed by atoms with Crippen LogP contribution in [0.4, 0.5) is 0 Å². The van der Waals surface area contributed by atoms with Gasteiger partial charge in [0.25, 0.3) is 11.8 Å². The number of imide groups is 1. The van der Waals surface area contributed by atoms with Crippen molar-refractivity contribution < 1.29 is 9.59 Å². The topological polar surface area (TPSA) is 37.4 Å².